The van der Waals surface area contributed by atoms with Crippen LogP contribution in [0.15, 0.2) is 47.6 Å². The van der Waals surface area contributed by atoms with Gasteiger partial charge in [0, 0.05) is 0 Å². The molecule has 0 atom stereocenters. The second-order valence-corrected chi connectivity index (χ2v) is 10.8. The normalized spacial score (nSPS) is 17.2. The molecule has 7 heteroatoms. The van der Waals surface area contributed by atoms with E-state index in [1.807, 2.05) is 36.4 Å². The van der Waals surface area contributed by atoms with Crippen LogP contribution in [-0.4, -0.2) is 67.5 Å². The van der Waals surface area contributed by atoms with Gasteiger partial charge in [0.1, 0.15) is 0 Å². The van der Waals surface area contributed by atoms with E-state index in [0.717, 1.165) is 64.0 Å². The second-order valence-electron chi connectivity index (χ2n) is 5.68. The SMILES string of the molecule is C(=Nc1ccc2c(c1)OCC[Se]CCOCC[Se]CCO2)c1ccccn1. The Kier molecular flexibility index (Phi) is 9.18. The van der Waals surface area contributed by atoms with E-state index in [2.05, 4.69) is 9.98 Å². The van der Waals surface area contributed by atoms with Crippen molar-refractivity contribution in [2.24, 2.45) is 4.99 Å². The third-order valence-corrected chi connectivity index (χ3v) is 7.50. The molecule has 0 fully saturated rings. The summed E-state index contributed by atoms with van der Waals surface area (Å²) in [6, 6.07) is 11.6. The fourth-order valence-corrected chi connectivity index (χ4v) is 5.05. The zero-order chi connectivity index (χ0) is 18.6. The summed E-state index contributed by atoms with van der Waals surface area (Å²) in [6.07, 6.45) is 3.53. The van der Waals surface area contributed by atoms with Crippen molar-refractivity contribution >= 4 is 41.8 Å². The summed E-state index contributed by atoms with van der Waals surface area (Å²) in [5.74, 6) is 1.58. The number of benzene rings is 1. The van der Waals surface area contributed by atoms with Gasteiger partial charge in [-0.05, 0) is 0 Å². The Balaban J connectivity index is 1.67. The summed E-state index contributed by atoms with van der Waals surface area (Å²) < 4.78 is 17.7. The Labute approximate surface area is 173 Å². The Morgan fingerprint density at radius 2 is 1.59 bits per heavy atom. The molecule has 1 aromatic heterocycles. The summed E-state index contributed by atoms with van der Waals surface area (Å²) in [5, 5.41) is 4.47. The van der Waals surface area contributed by atoms with Crippen molar-refractivity contribution in [3.05, 3.63) is 48.3 Å². The number of nitrogens with zero attached hydrogens (tertiary/aromatic N) is 2. The molecule has 0 N–H and O–H groups in total. The number of aromatic nitrogens is 1. The van der Waals surface area contributed by atoms with Gasteiger partial charge in [0.25, 0.3) is 0 Å². The van der Waals surface area contributed by atoms with Gasteiger partial charge in [-0.25, -0.2) is 0 Å². The molecule has 144 valence electrons. The molecule has 0 saturated carbocycles. The number of ether oxygens (including phenoxy) is 3. The van der Waals surface area contributed by atoms with Crippen molar-refractivity contribution in [2.75, 3.05) is 26.4 Å². The maximum atomic E-state index is 6.02. The van der Waals surface area contributed by atoms with Gasteiger partial charge in [-0.1, -0.05) is 0 Å². The van der Waals surface area contributed by atoms with Crippen molar-refractivity contribution in [1.82, 2.24) is 4.98 Å². The fraction of sp³-hybridized carbons (Fsp3) is 0.400. The van der Waals surface area contributed by atoms with Crippen LogP contribution in [0.1, 0.15) is 5.69 Å². The van der Waals surface area contributed by atoms with Gasteiger partial charge < -0.3 is 0 Å². The molecule has 2 heterocycles. The van der Waals surface area contributed by atoms with E-state index >= 15 is 0 Å². The molecular weight excluding hydrogens is 474 g/mol. The second kappa shape index (κ2) is 12.2. The number of pyridine rings is 1. The third-order valence-electron chi connectivity index (χ3n) is 3.68. The monoisotopic (exact) mass is 500 g/mol. The topological polar surface area (TPSA) is 52.9 Å². The first-order valence-corrected chi connectivity index (χ1v) is 13.8. The van der Waals surface area contributed by atoms with Crippen LogP contribution in [-0.2, 0) is 4.74 Å². The Morgan fingerprint density at radius 1 is 0.852 bits per heavy atom. The van der Waals surface area contributed by atoms with Crippen LogP contribution in [0.2, 0.25) is 21.3 Å². The summed E-state index contributed by atoms with van der Waals surface area (Å²) in [5.41, 5.74) is 1.67. The van der Waals surface area contributed by atoms with E-state index in [9.17, 15) is 0 Å². The number of hydrogen-bond donors (Lipinski definition) is 0. The Bertz CT molecular complexity index is 714. The summed E-state index contributed by atoms with van der Waals surface area (Å²) in [4.78, 5) is 8.78. The molecule has 1 aliphatic heterocycles. The first-order valence-electron chi connectivity index (χ1n) is 9.00. The first-order chi connectivity index (χ1) is 13.4. The molecule has 0 bridgehead atoms. The molecule has 0 amide bonds. The molecule has 0 unspecified atom stereocenters. The van der Waals surface area contributed by atoms with Gasteiger partial charge in [-0.3, -0.25) is 0 Å². The van der Waals surface area contributed by atoms with E-state index in [0.29, 0.717) is 36.5 Å². The fourth-order valence-electron chi connectivity index (χ4n) is 2.37. The zero-order valence-corrected chi connectivity index (χ0v) is 18.6. The van der Waals surface area contributed by atoms with Crippen LogP contribution < -0.4 is 9.47 Å². The van der Waals surface area contributed by atoms with Gasteiger partial charge in [0.05, 0.1) is 0 Å². The van der Waals surface area contributed by atoms with Crippen LogP contribution in [0.25, 0.3) is 0 Å². The van der Waals surface area contributed by atoms with Crippen molar-refractivity contribution in [2.45, 2.75) is 21.3 Å². The van der Waals surface area contributed by atoms with E-state index in [4.69, 9.17) is 14.2 Å². The summed E-state index contributed by atoms with van der Waals surface area (Å²) in [7, 11) is 0. The molecule has 0 radical (unpaired) electrons. The molecular formula is C20H24N2O3Se2. The number of aliphatic imine (C=N–C) groups is 1. The van der Waals surface area contributed by atoms with E-state index < -0.39 is 0 Å². The van der Waals surface area contributed by atoms with Crippen molar-refractivity contribution in [3.63, 3.8) is 0 Å². The van der Waals surface area contributed by atoms with Crippen LogP contribution >= 0.6 is 0 Å². The predicted molar refractivity (Wildman–Crippen MR) is 110 cm³/mol. The molecule has 27 heavy (non-hydrogen) atoms. The molecule has 0 saturated heterocycles. The quantitative estimate of drug-likeness (QED) is 0.468. The van der Waals surface area contributed by atoms with E-state index in [1.54, 1.807) is 12.4 Å². The van der Waals surface area contributed by atoms with Gasteiger partial charge in [0.2, 0.25) is 0 Å². The molecule has 0 spiro atoms. The van der Waals surface area contributed by atoms with Crippen LogP contribution in [0.3, 0.4) is 0 Å². The van der Waals surface area contributed by atoms with Gasteiger partial charge in [-0.2, -0.15) is 0 Å². The van der Waals surface area contributed by atoms with Gasteiger partial charge in [0.15, 0.2) is 0 Å². The minimum absolute atomic E-state index is 0.557. The average Bonchev–Trinajstić information content (AvgIpc) is 2.72. The molecule has 1 aromatic carbocycles. The summed E-state index contributed by atoms with van der Waals surface area (Å²) in [6.45, 7) is 3.20. The van der Waals surface area contributed by atoms with E-state index in [1.165, 1.54) is 0 Å². The molecule has 1 aliphatic rings. The predicted octanol–water partition coefficient (Wildman–Crippen LogP) is 3.70. The average molecular weight is 498 g/mol. The van der Waals surface area contributed by atoms with Crippen molar-refractivity contribution in [3.8, 4) is 11.5 Å². The number of hydrogen-bond acceptors (Lipinski definition) is 5. The maximum absolute atomic E-state index is 6.02. The standard InChI is InChI=1S/C20H24N2O3Se2/c1-2-6-21-18(3-1)16-22-17-4-5-19-20(15-17)25-10-14-27-12-8-23-7-11-26-13-9-24-19/h1-6,15-16H,7-14H2. The number of fused-ring (bicyclic) bond motifs is 1. The summed E-state index contributed by atoms with van der Waals surface area (Å²) >= 11 is 1.13. The Hall–Kier alpha value is -1.36. The van der Waals surface area contributed by atoms with Gasteiger partial charge in [-0.15, -0.1) is 0 Å². The van der Waals surface area contributed by atoms with Crippen LogP contribution in [0, 0.1) is 0 Å². The molecule has 5 nitrogen and oxygen atoms in total. The zero-order valence-electron chi connectivity index (χ0n) is 15.2. The Morgan fingerprint density at radius 3 is 2.33 bits per heavy atom. The van der Waals surface area contributed by atoms with Crippen molar-refractivity contribution in [1.29, 1.82) is 0 Å². The van der Waals surface area contributed by atoms with Crippen LogP contribution in [0.4, 0.5) is 5.69 Å². The van der Waals surface area contributed by atoms with E-state index in [-0.39, 0.29) is 0 Å². The third kappa shape index (κ3) is 7.65. The molecule has 2 aromatic rings. The first kappa shape index (κ1) is 20.4. The van der Waals surface area contributed by atoms with Gasteiger partial charge >= 0.3 is 173 Å². The van der Waals surface area contributed by atoms with Crippen LogP contribution in [0.5, 0.6) is 11.5 Å². The minimum atomic E-state index is 0.557. The van der Waals surface area contributed by atoms with Crippen molar-refractivity contribution < 1.29 is 14.2 Å². The molecule has 3 rings (SSSR count). The number of rotatable bonds is 2. The molecule has 0 aliphatic carbocycles.